The van der Waals surface area contributed by atoms with E-state index in [2.05, 4.69) is 0 Å². The van der Waals surface area contributed by atoms with E-state index in [4.69, 9.17) is 16.3 Å². The lowest BCUT2D eigenvalue weighted by Crippen LogP contribution is -2.21. The molecule has 1 saturated carbocycles. The number of benzene rings is 1. The number of esters is 1. The highest BCUT2D eigenvalue weighted by atomic mass is 35.5. The maximum atomic E-state index is 11.8. The van der Waals surface area contributed by atoms with E-state index in [0.717, 1.165) is 23.4 Å². The van der Waals surface area contributed by atoms with Gasteiger partial charge in [0.1, 0.15) is 0 Å². The van der Waals surface area contributed by atoms with Gasteiger partial charge in [0.2, 0.25) is 0 Å². The van der Waals surface area contributed by atoms with Gasteiger partial charge in [0, 0.05) is 5.02 Å². The first kappa shape index (κ1) is 11.5. The van der Waals surface area contributed by atoms with Crippen molar-refractivity contribution < 1.29 is 9.53 Å². The summed E-state index contributed by atoms with van der Waals surface area (Å²) in [5.74, 6) is -0.0741. The van der Waals surface area contributed by atoms with Gasteiger partial charge >= 0.3 is 5.97 Å². The summed E-state index contributed by atoms with van der Waals surface area (Å²) in [5.41, 5.74) is 0.746. The van der Waals surface area contributed by atoms with Crippen LogP contribution in [0.25, 0.3) is 0 Å². The van der Waals surface area contributed by atoms with Gasteiger partial charge in [-0.25, -0.2) is 0 Å². The van der Waals surface area contributed by atoms with Crippen molar-refractivity contribution in [1.82, 2.24) is 0 Å². The van der Waals surface area contributed by atoms with Crippen molar-refractivity contribution in [3.63, 3.8) is 0 Å². The maximum absolute atomic E-state index is 11.8. The van der Waals surface area contributed by atoms with E-state index in [1.807, 2.05) is 31.2 Å². The minimum Gasteiger partial charge on any atom is -0.466 e. The summed E-state index contributed by atoms with van der Waals surface area (Å²) in [7, 11) is 0. The Labute approximate surface area is 101 Å². The SMILES string of the molecule is CCOC(=O)C1(Cc2ccccc2Cl)CC1. The molecule has 1 aromatic carbocycles. The van der Waals surface area contributed by atoms with Crippen LogP contribution in [0.2, 0.25) is 5.02 Å². The average molecular weight is 239 g/mol. The molecule has 1 aliphatic carbocycles. The van der Waals surface area contributed by atoms with Gasteiger partial charge in [-0.05, 0) is 37.8 Å². The molecular weight excluding hydrogens is 224 g/mol. The van der Waals surface area contributed by atoms with Gasteiger partial charge in [0.15, 0.2) is 0 Å². The van der Waals surface area contributed by atoms with Crippen LogP contribution in [-0.4, -0.2) is 12.6 Å². The van der Waals surface area contributed by atoms with Gasteiger partial charge in [0.05, 0.1) is 12.0 Å². The van der Waals surface area contributed by atoms with Gasteiger partial charge in [-0.2, -0.15) is 0 Å². The second-order valence-electron chi connectivity index (χ2n) is 4.27. The van der Waals surface area contributed by atoms with Gasteiger partial charge in [0.25, 0.3) is 0 Å². The smallest absolute Gasteiger partial charge is 0.312 e. The van der Waals surface area contributed by atoms with Crippen molar-refractivity contribution >= 4 is 17.6 Å². The third kappa shape index (κ3) is 2.22. The molecule has 0 heterocycles. The van der Waals surface area contributed by atoms with Gasteiger partial charge in [-0.3, -0.25) is 4.79 Å². The summed E-state index contributed by atoms with van der Waals surface area (Å²) in [6.07, 6.45) is 2.53. The van der Waals surface area contributed by atoms with E-state index in [-0.39, 0.29) is 11.4 Å². The Bertz CT molecular complexity index is 397. The normalized spacial score (nSPS) is 16.9. The number of halogens is 1. The summed E-state index contributed by atoms with van der Waals surface area (Å²) >= 11 is 6.09. The Morgan fingerprint density at radius 2 is 2.12 bits per heavy atom. The molecule has 0 unspecified atom stereocenters. The van der Waals surface area contributed by atoms with E-state index < -0.39 is 0 Å². The van der Waals surface area contributed by atoms with Gasteiger partial charge in [-0.15, -0.1) is 0 Å². The molecule has 0 atom stereocenters. The lowest BCUT2D eigenvalue weighted by atomic mass is 9.96. The zero-order valence-electron chi connectivity index (χ0n) is 9.33. The standard InChI is InChI=1S/C13H15ClO2/c1-2-16-12(15)13(7-8-13)9-10-5-3-4-6-11(10)14/h3-6H,2,7-9H2,1H3. The molecule has 0 saturated heterocycles. The highest BCUT2D eigenvalue weighted by molar-refractivity contribution is 6.31. The molecule has 1 aliphatic rings. The van der Waals surface area contributed by atoms with Crippen molar-refractivity contribution in [2.24, 2.45) is 5.41 Å². The second kappa shape index (κ2) is 4.46. The van der Waals surface area contributed by atoms with Crippen molar-refractivity contribution in [2.75, 3.05) is 6.61 Å². The number of hydrogen-bond donors (Lipinski definition) is 0. The molecule has 0 spiro atoms. The highest BCUT2D eigenvalue weighted by Gasteiger charge is 2.51. The first-order chi connectivity index (χ1) is 7.68. The van der Waals surface area contributed by atoms with Crippen LogP contribution >= 0.6 is 11.6 Å². The molecule has 0 N–H and O–H groups in total. The maximum Gasteiger partial charge on any atom is 0.312 e. The van der Waals surface area contributed by atoms with Crippen molar-refractivity contribution in [3.05, 3.63) is 34.9 Å². The third-order valence-corrected chi connectivity index (χ3v) is 3.42. The fraction of sp³-hybridized carbons (Fsp3) is 0.462. The average Bonchev–Trinajstić information content (AvgIpc) is 3.03. The molecule has 0 aromatic heterocycles. The zero-order chi connectivity index (χ0) is 11.6. The van der Waals surface area contributed by atoms with Gasteiger partial charge in [-0.1, -0.05) is 29.8 Å². The summed E-state index contributed by atoms with van der Waals surface area (Å²) < 4.78 is 5.10. The predicted molar refractivity (Wildman–Crippen MR) is 63.5 cm³/mol. The number of carbonyl (C=O) groups excluding carboxylic acids is 1. The van der Waals surface area contributed by atoms with Gasteiger partial charge < -0.3 is 4.74 Å². The molecule has 0 radical (unpaired) electrons. The first-order valence-electron chi connectivity index (χ1n) is 5.58. The Morgan fingerprint density at radius 3 is 2.69 bits per heavy atom. The molecule has 1 fully saturated rings. The zero-order valence-corrected chi connectivity index (χ0v) is 10.1. The molecule has 3 heteroatoms. The van der Waals surface area contributed by atoms with Crippen LogP contribution in [0, 0.1) is 5.41 Å². The summed E-state index contributed by atoms with van der Waals surface area (Å²) in [5, 5.41) is 0.734. The molecule has 2 rings (SSSR count). The van der Waals surface area contributed by atoms with E-state index in [0.29, 0.717) is 13.0 Å². The van der Waals surface area contributed by atoms with Crippen LogP contribution in [0.5, 0.6) is 0 Å². The number of rotatable bonds is 4. The summed E-state index contributed by atoms with van der Waals surface area (Å²) in [6.45, 7) is 2.28. The Balaban J connectivity index is 2.10. The van der Waals surface area contributed by atoms with Crippen molar-refractivity contribution in [2.45, 2.75) is 26.2 Å². The van der Waals surface area contributed by atoms with Crippen molar-refractivity contribution in [3.8, 4) is 0 Å². The molecular formula is C13H15ClO2. The summed E-state index contributed by atoms with van der Waals surface area (Å²) in [6, 6.07) is 7.68. The lowest BCUT2D eigenvalue weighted by molar-refractivity contribution is -0.149. The fourth-order valence-corrected chi connectivity index (χ4v) is 2.10. The topological polar surface area (TPSA) is 26.3 Å². The predicted octanol–water partition coefficient (Wildman–Crippen LogP) is 3.23. The lowest BCUT2D eigenvalue weighted by Gasteiger charge is -2.14. The van der Waals surface area contributed by atoms with E-state index in [1.54, 1.807) is 0 Å². The van der Waals surface area contributed by atoms with Crippen LogP contribution in [0.15, 0.2) is 24.3 Å². The minimum absolute atomic E-state index is 0.0741. The number of carbonyl (C=O) groups is 1. The summed E-state index contributed by atoms with van der Waals surface area (Å²) in [4.78, 5) is 11.8. The Morgan fingerprint density at radius 1 is 1.44 bits per heavy atom. The monoisotopic (exact) mass is 238 g/mol. The van der Waals surface area contributed by atoms with Crippen LogP contribution in [0.4, 0.5) is 0 Å². The molecule has 2 nitrogen and oxygen atoms in total. The van der Waals surface area contributed by atoms with E-state index in [1.165, 1.54) is 0 Å². The highest BCUT2D eigenvalue weighted by Crippen LogP contribution is 2.50. The number of hydrogen-bond acceptors (Lipinski definition) is 2. The van der Waals surface area contributed by atoms with Crippen LogP contribution < -0.4 is 0 Å². The number of ether oxygens (including phenoxy) is 1. The third-order valence-electron chi connectivity index (χ3n) is 3.05. The first-order valence-corrected chi connectivity index (χ1v) is 5.96. The largest absolute Gasteiger partial charge is 0.466 e. The molecule has 0 bridgehead atoms. The molecule has 16 heavy (non-hydrogen) atoms. The van der Waals surface area contributed by atoms with Crippen LogP contribution in [0.1, 0.15) is 25.3 Å². The quantitative estimate of drug-likeness (QED) is 0.753. The molecule has 1 aromatic rings. The van der Waals surface area contributed by atoms with Crippen molar-refractivity contribution in [1.29, 1.82) is 0 Å². The van der Waals surface area contributed by atoms with E-state index in [9.17, 15) is 4.79 Å². The van der Waals surface area contributed by atoms with E-state index >= 15 is 0 Å². The fourth-order valence-electron chi connectivity index (χ4n) is 1.89. The molecule has 0 aliphatic heterocycles. The Hall–Kier alpha value is -1.02. The molecule has 86 valence electrons. The minimum atomic E-state index is -0.291. The van der Waals surface area contributed by atoms with Crippen LogP contribution in [0.3, 0.4) is 0 Å². The Kier molecular flexibility index (Phi) is 3.20. The molecule has 0 amide bonds. The van der Waals surface area contributed by atoms with Crippen LogP contribution in [-0.2, 0) is 16.0 Å². The second-order valence-corrected chi connectivity index (χ2v) is 4.68.